The molecule has 1 rings (SSSR count). The van der Waals surface area contributed by atoms with Gasteiger partial charge in [-0.3, -0.25) is 4.79 Å². The molecule has 1 fully saturated rings. The van der Waals surface area contributed by atoms with E-state index in [-0.39, 0.29) is 24.0 Å². The van der Waals surface area contributed by atoms with E-state index in [9.17, 15) is 4.79 Å². The monoisotopic (exact) mass is 185 g/mol. The van der Waals surface area contributed by atoms with Gasteiger partial charge in [0.15, 0.2) is 0 Å². The predicted molar refractivity (Wildman–Crippen MR) is 51.4 cm³/mol. The Labute approximate surface area is 80.1 Å². The molecule has 1 heterocycles. The molecule has 0 N–H and O–H groups in total. The molecule has 1 amide bonds. The number of amides is 1. The molecule has 76 valence electrons. The van der Waals surface area contributed by atoms with Crippen LogP contribution in [-0.4, -0.2) is 36.1 Å². The van der Waals surface area contributed by atoms with Gasteiger partial charge in [0.25, 0.3) is 0 Å². The Morgan fingerprint density at radius 1 is 1.46 bits per heavy atom. The van der Waals surface area contributed by atoms with Crippen molar-refractivity contribution >= 4 is 5.91 Å². The van der Waals surface area contributed by atoms with Crippen molar-refractivity contribution in [2.24, 2.45) is 5.92 Å². The summed E-state index contributed by atoms with van der Waals surface area (Å²) in [5.41, 5.74) is 0. The molecule has 3 nitrogen and oxygen atoms in total. The number of hydrogen-bond donors (Lipinski definition) is 0. The van der Waals surface area contributed by atoms with Crippen molar-refractivity contribution < 1.29 is 9.53 Å². The molecule has 2 atom stereocenters. The zero-order valence-electron chi connectivity index (χ0n) is 8.91. The van der Waals surface area contributed by atoms with E-state index in [1.165, 1.54) is 0 Å². The predicted octanol–water partition coefficient (Wildman–Crippen LogP) is 1.28. The Balaban J connectivity index is 2.62. The van der Waals surface area contributed by atoms with Crippen molar-refractivity contribution in [1.82, 2.24) is 4.90 Å². The van der Waals surface area contributed by atoms with E-state index in [2.05, 4.69) is 0 Å². The Bertz CT molecular complexity index is 191. The number of rotatable bonds is 1. The number of morpholine rings is 1. The SMILES string of the molecule is CC(C)C(=O)N1CCOC(C)C1C. The van der Waals surface area contributed by atoms with Crippen molar-refractivity contribution in [3.63, 3.8) is 0 Å². The van der Waals surface area contributed by atoms with E-state index in [1.807, 2.05) is 32.6 Å². The van der Waals surface area contributed by atoms with Gasteiger partial charge in [-0.2, -0.15) is 0 Å². The van der Waals surface area contributed by atoms with Gasteiger partial charge >= 0.3 is 0 Å². The van der Waals surface area contributed by atoms with Gasteiger partial charge in [-0.15, -0.1) is 0 Å². The maximum absolute atomic E-state index is 11.7. The summed E-state index contributed by atoms with van der Waals surface area (Å²) in [4.78, 5) is 13.7. The molecular weight excluding hydrogens is 166 g/mol. The lowest BCUT2D eigenvalue weighted by molar-refractivity contribution is -0.147. The van der Waals surface area contributed by atoms with E-state index < -0.39 is 0 Å². The number of hydrogen-bond acceptors (Lipinski definition) is 2. The van der Waals surface area contributed by atoms with Gasteiger partial charge in [-0.1, -0.05) is 13.8 Å². The zero-order chi connectivity index (χ0) is 10.0. The van der Waals surface area contributed by atoms with Gasteiger partial charge in [0, 0.05) is 12.5 Å². The van der Waals surface area contributed by atoms with Crippen LogP contribution in [0.15, 0.2) is 0 Å². The fraction of sp³-hybridized carbons (Fsp3) is 0.900. The van der Waals surface area contributed by atoms with Crippen LogP contribution in [0.5, 0.6) is 0 Å². The lowest BCUT2D eigenvalue weighted by Crippen LogP contribution is -2.52. The Morgan fingerprint density at radius 3 is 2.62 bits per heavy atom. The van der Waals surface area contributed by atoms with E-state index in [4.69, 9.17) is 4.74 Å². The number of ether oxygens (including phenoxy) is 1. The number of carbonyl (C=O) groups excluding carboxylic acids is 1. The number of nitrogens with zero attached hydrogens (tertiary/aromatic N) is 1. The van der Waals surface area contributed by atoms with E-state index in [0.29, 0.717) is 6.61 Å². The molecule has 0 aromatic heterocycles. The van der Waals surface area contributed by atoms with Crippen LogP contribution in [0.2, 0.25) is 0 Å². The van der Waals surface area contributed by atoms with Crippen LogP contribution < -0.4 is 0 Å². The van der Waals surface area contributed by atoms with Crippen molar-refractivity contribution in [2.75, 3.05) is 13.2 Å². The first-order valence-electron chi connectivity index (χ1n) is 4.96. The first-order valence-corrected chi connectivity index (χ1v) is 4.96. The van der Waals surface area contributed by atoms with Crippen LogP contribution in [0.25, 0.3) is 0 Å². The third kappa shape index (κ3) is 2.21. The van der Waals surface area contributed by atoms with Gasteiger partial charge in [-0.05, 0) is 13.8 Å². The summed E-state index contributed by atoms with van der Waals surface area (Å²) in [5.74, 6) is 0.329. The highest BCUT2D eigenvalue weighted by molar-refractivity contribution is 5.78. The van der Waals surface area contributed by atoms with Crippen LogP contribution in [0, 0.1) is 5.92 Å². The van der Waals surface area contributed by atoms with Gasteiger partial charge in [0.05, 0.1) is 18.8 Å². The molecule has 0 aromatic rings. The average Bonchev–Trinajstić information content (AvgIpc) is 2.08. The molecular formula is C10H19NO2. The van der Waals surface area contributed by atoms with Crippen molar-refractivity contribution in [3.05, 3.63) is 0 Å². The molecule has 1 saturated heterocycles. The molecule has 1 aliphatic heterocycles. The summed E-state index contributed by atoms with van der Waals surface area (Å²) >= 11 is 0. The van der Waals surface area contributed by atoms with E-state index in [1.54, 1.807) is 0 Å². The highest BCUT2D eigenvalue weighted by atomic mass is 16.5. The van der Waals surface area contributed by atoms with Crippen LogP contribution in [0.3, 0.4) is 0 Å². The van der Waals surface area contributed by atoms with Crippen LogP contribution in [-0.2, 0) is 9.53 Å². The first kappa shape index (κ1) is 10.5. The lowest BCUT2D eigenvalue weighted by Gasteiger charge is -2.38. The molecule has 2 unspecified atom stereocenters. The third-order valence-corrected chi connectivity index (χ3v) is 2.66. The maximum atomic E-state index is 11.7. The molecule has 0 aliphatic carbocycles. The highest BCUT2D eigenvalue weighted by Crippen LogP contribution is 2.15. The Kier molecular flexibility index (Phi) is 3.31. The molecule has 1 aliphatic rings. The van der Waals surface area contributed by atoms with Gasteiger partial charge in [-0.25, -0.2) is 0 Å². The summed E-state index contributed by atoms with van der Waals surface area (Å²) in [6, 6.07) is 0.212. The quantitative estimate of drug-likeness (QED) is 0.616. The molecule has 0 aromatic carbocycles. The van der Waals surface area contributed by atoms with E-state index >= 15 is 0 Å². The van der Waals surface area contributed by atoms with Crippen LogP contribution in [0.1, 0.15) is 27.7 Å². The first-order chi connectivity index (χ1) is 6.04. The van der Waals surface area contributed by atoms with Crippen LogP contribution in [0.4, 0.5) is 0 Å². The summed E-state index contributed by atoms with van der Waals surface area (Å²) in [5, 5.41) is 0. The van der Waals surface area contributed by atoms with Crippen LogP contribution >= 0.6 is 0 Å². The minimum Gasteiger partial charge on any atom is -0.375 e. The second kappa shape index (κ2) is 4.09. The van der Waals surface area contributed by atoms with Gasteiger partial charge < -0.3 is 9.64 Å². The normalized spacial score (nSPS) is 29.5. The minimum absolute atomic E-state index is 0.0905. The molecule has 0 spiro atoms. The maximum Gasteiger partial charge on any atom is 0.225 e. The Morgan fingerprint density at radius 2 is 2.08 bits per heavy atom. The number of carbonyl (C=O) groups is 1. The van der Waals surface area contributed by atoms with E-state index in [0.717, 1.165) is 6.54 Å². The van der Waals surface area contributed by atoms with Crippen molar-refractivity contribution in [2.45, 2.75) is 39.8 Å². The fourth-order valence-corrected chi connectivity index (χ4v) is 1.58. The molecule has 0 radical (unpaired) electrons. The van der Waals surface area contributed by atoms with Gasteiger partial charge in [0.1, 0.15) is 0 Å². The highest BCUT2D eigenvalue weighted by Gasteiger charge is 2.29. The van der Waals surface area contributed by atoms with Crippen molar-refractivity contribution in [1.29, 1.82) is 0 Å². The van der Waals surface area contributed by atoms with Gasteiger partial charge in [0.2, 0.25) is 5.91 Å². The summed E-state index contributed by atoms with van der Waals surface area (Å²) in [6.07, 6.45) is 0.163. The summed E-state index contributed by atoms with van der Waals surface area (Å²) < 4.78 is 5.46. The Hall–Kier alpha value is -0.570. The molecule has 0 bridgehead atoms. The zero-order valence-corrected chi connectivity index (χ0v) is 8.91. The lowest BCUT2D eigenvalue weighted by atomic mass is 10.1. The fourth-order valence-electron chi connectivity index (χ4n) is 1.58. The molecule has 13 heavy (non-hydrogen) atoms. The summed E-state index contributed by atoms with van der Waals surface area (Å²) in [6.45, 7) is 9.35. The second-order valence-electron chi connectivity index (χ2n) is 4.00. The minimum atomic E-state index is 0.0905. The molecule has 0 saturated carbocycles. The third-order valence-electron chi connectivity index (χ3n) is 2.66. The topological polar surface area (TPSA) is 29.5 Å². The smallest absolute Gasteiger partial charge is 0.225 e. The van der Waals surface area contributed by atoms with Crippen molar-refractivity contribution in [3.8, 4) is 0 Å². The standard InChI is InChI=1S/C10H19NO2/c1-7(2)10(12)11-5-6-13-9(4)8(11)3/h7-9H,5-6H2,1-4H3. The second-order valence-corrected chi connectivity index (χ2v) is 4.00. The average molecular weight is 185 g/mol. The summed E-state index contributed by atoms with van der Waals surface area (Å²) in [7, 11) is 0. The largest absolute Gasteiger partial charge is 0.375 e. The molecule has 3 heteroatoms.